The van der Waals surface area contributed by atoms with Gasteiger partial charge in [-0.25, -0.2) is 0 Å². The molecule has 0 radical (unpaired) electrons. The topological polar surface area (TPSA) is 55.1 Å². The summed E-state index contributed by atoms with van der Waals surface area (Å²) in [6, 6.07) is 15.8. The van der Waals surface area contributed by atoms with E-state index in [0.717, 1.165) is 17.9 Å². The highest BCUT2D eigenvalue weighted by atomic mass is 16.5. The van der Waals surface area contributed by atoms with Gasteiger partial charge < -0.3 is 9.42 Å². The smallest absolute Gasteiger partial charge is 0.246 e. The lowest BCUT2D eigenvalue weighted by Crippen LogP contribution is -2.22. The minimum atomic E-state index is 0.523. The minimum Gasteiger partial charge on any atom is -0.362 e. The summed E-state index contributed by atoms with van der Waals surface area (Å²) in [6.07, 6.45) is 1.72. The van der Waals surface area contributed by atoms with Crippen LogP contribution in [0.5, 0.6) is 0 Å². The predicted molar refractivity (Wildman–Crippen MR) is 80.7 cm³/mol. The molecule has 106 valence electrons. The summed E-state index contributed by atoms with van der Waals surface area (Å²) in [5.74, 6) is 1.11. The number of hydrogen-bond acceptors (Lipinski definition) is 5. The van der Waals surface area contributed by atoms with Crippen molar-refractivity contribution >= 4 is 5.69 Å². The highest BCUT2D eigenvalue weighted by Gasteiger charge is 2.12. The number of pyridine rings is 1. The first-order valence-corrected chi connectivity index (χ1v) is 6.91. The van der Waals surface area contributed by atoms with Crippen molar-refractivity contribution in [3.05, 3.63) is 60.6 Å². The van der Waals surface area contributed by atoms with Crippen molar-refractivity contribution in [3.8, 4) is 11.5 Å². The van der Waals surface area contributed by atoms with Gasteiger partial charge in [-0.3, -0.25) is 4.98 Å². The summed E-state index contributed by atoms with van der Waals surface area (Å²) < 4.78 is 5.33. The van der Waals surface area contributed by atoms with Gasteiger partial charge >= 0.3 is 0 Å². The zero-order chi connectivity index (χ0) is 14.5. The maximum atomic E-state index is 5.33. The van der Waals surface area contributed by atoms with Crippen molar-refractivity contribution in [3.63, 3.8) is 0 Å². The average Bonchev–Trinajstić information content (AvgIpc) is 3.03. The van der Waals surface area contributed by atoms with Crippen LogP contribution >= 0.6 is 0 Å². The maximum Gasteiger partial charge on any atom is 0.246 e. The van der Waals surface area contributed by atoms with Gasteiger partial charge in [-0.2, -0.15) is 4.98 Å². The van der Waals surface area contributed by atoms with E-state index in [2.05, 4.69) is 39.1 Å². The predicted octanol–water partition coefficient (Wildman–Crippen LogP) is 3.16. The number of anilines is 1. The summed E-state index contributed by atoms with van der Waals surface area (Å²) in [5.41, 5.74) is 1.85. The summed E-state index contributed by atoms with van der Waals surface area (Å²) in [6.45, 7) is 3.55. The molecule has 0 aliphatic heterocycles. The quantitative estimate of drug-likeness (QED) is 0.718. The number of para-hydroxylation sites is 1. The van der Waals surface area contributed by atoms with E-state index in [4.69, 9.17) is 4.52 Å². The lowest BCUT2D eigenvalue weighted by molar-refractivity contribution is 0.377. The van der Waals surface area contributed by atoms with Crippen LogP contribution in [0.2, 0.25) is 0 Å². The first-order chi connectivity index (χ1) is 10.4. The van der Waals surface area contributed by atoms with Crippen LogP contribution in [0.1, 0.15) is 12.8 Å². The van der Waals surface area contributed by atoms with Crippen molar-refractivity contribution in [2.45, 2.75) is 13.5 Å². The molecule has 3 aromatic rings. The number of benzene rings is 1. The Balaban J connectivity index is 1.78. The Morgan fingerprint density at radius 3 is 2.57 bits per heavy atom. The molecule has 0 aliphatic rings. The van der Waals surface area contributed by atoms with Gasteiger partial charge in [0.25, 0.3) is 0 Å². The van der Waals surface area contributed by atoms with Crippen LogP contribution in [0.25, 0.3) is 11.5 Å². The second-order valence-corrected chi connectivity index (χ2v) is 4.58. The van der Waals surface area contributed by atoms with Crippen molar-refractivity contribution in [1.29, 1.82) is 0 Å². The zero-order valence-electron chi connectivity index (χ0n) is 11.8. The van der Waals surface area contributed by atoms with Gasteiger partial charge in [0, 0.05) is 18.4 Å². The molecule has 0 fully saturated rings. The average molecular weight is 280 g/mol. The standard InChI is InChI=1S/C16H16N4O/c1-2-20(13-8-4-3-5-9-13)12-15-18-16(19-21-15)14-10-6-7-11-17-14/h3-11H,2,12H2,1H3. The van der Waals surface area contributed by atoms with Crippen LogP contribution in [0.4, 0.5) is 5.69 Å². The Morgan fingerprint density at radius 2 is 1.86 bits per heavy atom. The second kappa shape index (κ2) is 6.17. The van der Waals surface area contributed by atoms with Crippen LogP contribution < -0.4 is 4.90 Å². The third-order valence-corrected chi connectivity index (χ3v) is 3.19. The van der Waals surface area contributed by atoms with E-state index in [-0.39, 0.29) is 0 Å². The van der Waals surface area contributed by atoms with Crippen molar-refractivity contribution in [2.24, 2.45) is 0 Å². The Hall–Kier alpha value is -2.69. The summed E-state index contributed by atoms with van der Waals surface area (Å²) >= 11 is 0. The molecule has 0 N–H and O–H groups in total. The molecule has 3 rings (SSSR count). The molecule has 21 heavy (non-hydrogen) atoms. The van der Waals surface area contributed by atoms with Gasteiger partial charge in [0.1, 0.15) is 5.69 Å². The molecule has 0 aliphatic carbocycles. The maximum absolute atomic E-state index is 5.33. The molecule has 0 saturated heterocycles. The highest BCUT2D eigenvalue weighted by Crippen LogP contribution is 2.17. The van der Waals surface area contributed by atoms with Crippen LogP contribution in [0.3, 0.4) is 0 Å². The molecule has 0 amide bonds. The van der Waals surface area contributed by atoms with Gasteiger partial charge in [-0.1, -0.05) is 29.4 Å². The monoisotopic (exact) mass is 280 g/mol. The van der Waals surface area contributed by atoms with Crippen LogP contribution in [0, 0.1) is 0 Å². The van der Waals surface area contributed by atoms with Gasteiger partial charge in [0.15, 0.2) is 0 Å². The van der Waals surface area contributed by atoms with E-state index in [0.29, 0.717) is 18.3 Å². The molecule has 0 spiro atoms. The number of hydrogen-bond donors (Lipinski definition) is 0. The first kappa shape index (κ1) is 13.3. The molecule has 2 aromatic heterocycles. The molecule has 5 heteroatoms. The van der Waals surface area contributed by atoms with Crippen LogP contribution in [-0.2, 0) is 6.54 Å². The SMILES string of the molecule is CCN(Cc1nc(-c2ccccn2)no1)c1ccccc1. The van der Waals surface area contributed by atoms with Crippen LogP contribution in [-0.4, -0.2) is 21.7 Å². The summed E-state index contributed by atoms with van der Waals surface area (Å²) in [4.78, 5) is 10.8. The van der Waals surface area contributed by atoms with Crippen molar-refractivity contribution in [2.75, 3.05) is 11.4 Å². The molecule has 0 saturated carbocycles. The Labute approximate surface area is 123 Å². The third-order valence-electron chi connectivity index (χ3n) is 3.19. The largest absolute Gasteiger partial charge is 0.362 e. The Kier molecular flexibility index (Phi) is 3.91. The van der Waals surface area contributed by atoms with Gasteiger partial charge in [-0.15, -0.1) is 0 Å². The van der Waals surface area contributed by atoms with Gasteiger partial charge in [0.2, 0.25) is 11.7 Å². The van der Waals surface area contributed by atoms with E-state index in [1.54, 1.807) is 6.20 Å². The molecule has 2 heterocycles. The number of nitrogens with zero attached hydrogens (tertiary/aromatic N) is 4. The lowest BCUT2D eigenvalue weighted by Gasteiger charge is -2.20. The molecule has 0 bridgehead atoms. The molecule has 0 atom stereocenters. The Bertz CT molecular complexity index is 682. The number of aromatic nitrogens is 3. The van der Waals surface area contributed by atoms with Gasteiger partial charge in [-0.05, 0) is 31.2 Å². The normalized spacial score (nSPS) is 10.5. The molecule has 5 nitrogen and oxygen atoms in total. The second-order valence-electron chi connectivity index (χ2n) is 4.58. The molecular formula is C16H16N4O. The molecular weight excluding hydrogens is 264 g/mol. The minimum absolute atomic E-state index is 0.523. The summed E-state index contributed by atoms with van der Waals surface area (Å²) in [7, 11) is 0. The fraction of sp³-hybridized carbons (Fsp3) is 0.188. The van der Waals surface area contributed by atoms with E-state index in [1.807, 2.05) is 36.4 Å². The Morgan fingerprint density at radius 1 is 1.05 bits per heavy atom. The van der Waals surface area contributed by atoms with E-state index < -0.39 is 0 Å². The fourth-order valence-electron chi connectivity index (χ4n) is 2.11. The highest BCUT2D eigenvalue weighted by molar-refractivity contribution is 5.48. The van der Waals surface area contributed by atoms with Gasteiger partial charge in [0.05, 0.1) is 6.54 Å². The van der Waals surface area contributed by atoms with Crippen LogP contribution in [0.15, 0.2) is 59.3 Å². The lowest BCUT2D eigenvalue weighted by atomic mass is 10.3. The third kappa shape index (κ3) is 3.08. The van der Waals surface area contributed by atoms with Crippen molar-refractivity contribution in [1.82, 2.24) is 15.1 Å². The van der Waals surface area contributed by atoms with Crippen molar-refractivity contribution < 1.29 is 4.52 Å². The first-order valence-electron chi connectivity index (χ1n) is 6.91. The fourth-order valence-corrected chi connectivity index (χ4v) is 2.11. The zero-order valence-corrected chi connectivity index (χ0v) is 11.8. The molecule has 1 aromatic carbocycles. The number of rotatable bonds is 5. The van der Waals surface area contributed by atoms with E-state index in [9.17, 15) is 0 Å². The van der Waals surface area contributed by atoms with E-state index >= 15 is 0 Å². The molecule has 0 unspecified atom stereocenters. The van der Waals surface area contributed by atoms with E-state index in [1.165, 1.54) is 0 Å². The summed E-state index contributed by atoms with van der Waals surface area (Å²) in [5, 5.41) is 3.99.